The predicted molar refractivity (Wildman–Crippen MR) is 115 cm³/mol. The first-order valence-corrected chi connectivity index (χ1v) is 9.54. The Labute approximate surface area is 168 Å². The van der Waals surface area contributed by atoms with Gasteiger partial charge < -0.3 is 13.9 Å². The van der Waals surface area contributed by atoms with Gasteiger partial charge in [-0.25, -0.2) is 10.4 Å². The van der Waals surface area contributed by atoms with Crippen LogP contribution in [-0.4, -0.2) is 32.9 Å². The molecule has 0 aliphatic carbocycles. The molecule has 2 aromatic heterocycles. The Hall–Kier alpha value is -3.61. The Balaban J connectivity index is 1.66. The van der Waals surface area contributed by atoms with Gasteiger partial charge in [0.05, 0.1) is 23.9 Å². The first-order valence-electron chi connectivity index (χ1n) is 9.54. The second-order valence-corrected chi connectivity index (χ2v) is 6.76. The summed E-state index contributed by atoms with van der Waals surface area (Å²) in [5.74, 6) is 0.410. The molecule has 0 amide bonds. The van der Waals surface area contributed by atoms with E-state index in [1.807, 2.05) is 78.6 Å². The highest BCUT2D eigenvalue weighted by molar-refractivity contribution is 6.01. The summed E-state index contributed by atoms with van der Waals surface area (Å²) in [6.07, 6.45) is 1.78. The Morgan fingerprint density at radius 1 is 1.17 bits per heavy atom. The van der Waals surface area contributed by atoms with Gasteiger partial charge in [-0.3, -0.25) is 4.79 Å². The van der Waals surface area contributed by atoms with E-state index in [0.29, 0.717) is 12.6 Å². The van der Waals surface area contributed by atoms with Crippen LogP contribution in [0.25, 0.3) is 21.9 Å². The highest BCUT2D eigenvalue weighted by Crippen LogP contribution is 2.25. The van der Waals surface area contributed by atoms with Crippen molar-refractivity contribution in [3.8, 4) is 0 Å². The molecule has 0 saturated heterocycles. The number of fused-ring (bicyclic) bond motifs is 2. The Morgan fingerprint density at radius 2 is 1.90 bits per heavy atom. The van der Waals surface area contributed by atoms with Crippen LogP contribution < -0.4 is 5.43 Å². The molecular weight excluding hydrogens is 366 g/mol. The SMILES string of the molecule is CCOC(=O)Cn1c(C)c(/C=N\Nc2nc3ccccc3n2C)c2ccccc21. The van der Waals surface area contributed by atoms with E-state index in [1.54, 1.807) is 6.21 Å². The van der Waals surface area contributed by atoms with E-state index >= 15 is 0 Å². The van der Waals surface area contributed by atoms with E-state index in [4.69, 9.17) is 4.74 Å². The summed E-state index contributed by atoms with van der Waals surface area (Å²) in [5, 5.41) is 5.45. The maximum absolute atomic E-state index is 12.0. The van der Waals surface area contributed by atoms with Crippen molar-refractivity contribution in [1.29, 1.82) is 0 Å². The molecule has 0 spiro atoms. The number of ether oxygens (including phenoxy) is 1. The van der Waals surface area contributed by atoms with Gasteiger partial charge in [-0.15, -0.1) is 0 Å². The van der Waals surface area contributed by atoms with Gasteiger partial charge in [0.1, 0.15) is 6.54 Å². The summed E-state index contributed by atoms with van der Waals surface area (Å²) in [6.45, 7) is 4.33. The quantitative estimate of drug-likeness (QED) is 0.309. The molecule has 0 atom stereocenters. The van der Waals surface area contributed by atoms with Gasteiger partial charge in [0.15, 0.2) is 0 Å². The van der Waals surface area contributed by atoms with E-state index in [2.05, 4.69) is 15.5 Å². The minimum atomic E-state index is -0.252. The fraction of sp³-hybridized carbons (Fsp3) is 0.227. The van der Waals surface area contributed by atoms with E-state index in [9.17, 15) is 4.79 Å². The number of carbonyl (C=O) groups excluding carboxylic acids is 1. The number of hydrazone groups is 1. The highest BCUT2D eigenvalue weighted by Gasteiger charge is 2.15. The third-order valence-corrected chi connectivity index (χ3v) is 5.02. The van der Waals surface area contributed by atoms with Gasteiger partial charge in [-0.2, -0.15) is 5.10 Å². The number of rotatable bonds is 6. The Morgan fingerprint density at radius 3 is 2.66 bits per heavy atom. The summed E-state index contributed by atoms with van der Waals surface area (Å²) in [5.41, 5.74) is 7.86. The third-order valence-electron chi connectivity index (χ3n) is 5.02. The number of hydrogen-bond donors (Lipinski definition) is 1. The van der Waals surface area contributed by atoms with Crippen molar-refractivity contribution in [2.24, 2.45) is 12.1 Å². The van der Waals surface area contributed by atoms with E-state index in [0.717, 1.165) is 33.2 Å². The number of benzene rings is 2. The van der Waals surface area contributed by atoms with Gasteiger partial charge in [0, 0.05) is 29.2 Å². The van der Waals surface area contributed by atoms with E-state index in [-0.39, 0.29) is 12.5 Å². The lowest BCUT2D eigenvalue weighted by Crippen LogP contribution is -2.14. The fourth-order valence-electron chi connectivity index (χ4n) is 3.56. The lowest BCUT2D eigenvalue weighted by atomic mass is 10.1. The number of hydrogen-bond acceptors (Lipinski definition) is 5. The Bertz CT molecular complexity index is 1220. The number of anilines is 1. The van der Waals surface area contributed by atoms with Crippen LogP contribution >= 0.6 is 0 Å². The molecule has 0 radical (unpaired) electrons. The molecule has 7 heteroatoms. The van der Waals surface area contributed by atoms with Crippen molar-refractivity contribution in [1.82, 2.24) is 14.1 Å². The smallest absolute Gasteiger partial charge is 0.325 e. The van der Waals surface area contributed by atoms with E-state index in [1.165, 1.54) is 0 Å². The van der Waals surface area contributed by atoms with Crippen LogP contribution in [0.3, 0.4) is 0 Å². The van der Waals surface area contributed by atoms with Crippen molar-refractivity contribution in [2.45, 2.75) is 20.4 Å². The lowest BCUT2D eigenvalue weighted by Gasteiger charge is -2.07. The van der Waals surface area contributed by atoms with E-state index < -0.39 is 0 Å². The number of carbonyl (C=O) groups is 1. The summed E-state index contributed by atoms with van der Waals surface area (Å²) in [6, 6.07) is 15.9. The minimum absolute atomic E-state index is 0.173. The zero-order chi connectivity index (χ0) is 20.4. The number of esters is 1. The second kappa shape index (κ2) is 7.79. The molecule has 4 rings (SSSR count). The summed E-state index contributed by atoms with van der Waals surface area (Å²) in [4.78, 5) is 16.6. The molecule has 0 saturated carbocycles. The Kier molecular flexibility index (Phi) is 5.03. The molecule has 4 aromatic rings. The zero-order valence-electron chi connectivity index (χ0n) is 16.7. The summed E-state index contributed by atoms with van der Waals surface area (Å²) >= 11 is 0. The van der Waals surface area contributed by atoms with Crippen LogP contribution in [0.1, 0.15) is 18.2 Å². The number of para-hydroxylation sites is 3. The highest BCUT2D eigenvalue weighted by atomic mass is 16.5. The average Bonchev–Trinajstić information content (AvgIpc) is 3.18. The molecule has 0 fully saturated rings. The van der Waals surface area contributed by atoms with Crippen molar-refractivity contribution >= 4 is 40.1 Å². The van der Waals surface area contributed by atoms with Gasteiger partial charge in [0.2, 0.25) is 5.95 Å². The van der Waals surface area contributed by atoms with Crippen molar-refractivity contribution in [3.05, 3.63) is 59.8 Å². The number of nitrogens with zero attached hydrogens (tertiary/aromatic N) is 4. The van der Waals surface area contributed by atoms with Crippen LogP contribution in [0.15, 0.2) is 53.6 Å². The summed E-state index contributed by atoms with van der Waals surface area (Å²) < 4.78 is 9.05. The zero-order valence-corrected chi connectivity index (χ0v) is 16.7. The maximum atomic E-state index is 12.0. The molecular formula is C22H23N5O2. The lowest BCUT2D eigenvalue weighted by molar-refractivity contribution is -0.143. The molecule has 0 unspecified atom stereocenters. The monoisotopic (exact) mass is 389 g/mol. The van der Waals surface area contributed by atoms with Crippen LogP contribution in [-0.2, 0) is 23.1 Å². The number of nitrogens with one attached hydrogen (secondary N) is 1. The maximum Gasteiger partial charge on any atom is 0.325 e. The van der Waals surface area contributed by atoms with Gasteiger partial charge in [-0.05, 0) is 32.0 Å². The molecule has 7 nitrogen and oxygen atoms in total. The standard InChI is InChI=1S/C22H23N5O2/c1-4-29-21(28)14-27-15(2)17(16-9-5-7-11-19(16)27)13-23-25-22-24-18-10-6-8-12-20(18)26(22)3/h5-13H,4,14H2,1-3H3,(H,24,25)/b23-13-. The molecule has 2 aromatic carbocycles. The number of aryl methyl sites for hydroxylation is 1. The summed E-state index contributed by atoms with van der Waals surface area (Å²) in [7, 11) is 1.95. The van der Waals surface area contributed by atoms with Crippen molar-refractivity contribution < 1.29 is 9.53 Å². The van der Waals surface area contributed by atoms with Crippen molar-refractivity contribution in [3.63, 3.8) is 0 Å². The van der Waals surface area contributed by atoms with Gasteiger partial charge in [0.25, 0.3) is 0 Å². The van der Waals surface area contributed by atoms with Crippen LogP contribution in [0, 0.1) is 6.92 Å². The molecule has 0 bridgehead atoms. The largest absolute Gasteiger partial charge is 0.465 e. The molecule has 0 aliphatic heterocycles. The predicted octanol–water partition coefficient (Wildman–Crippen LogP) is 3.85. The molecule has 29 heavy (non-hydrogen) atoms. The number of aromatic nitrogens is 3. The van der Waals surface area contributed by atoms with Gasteiger partial charge in [-0.1, -0.05) is 30.3 Å². The minimum Gasteiger partial charge on any atom is -0.465 e. The average molecular weight is 389 g/mol. The molecule has 1 N–H and O–H groups in total. The molecule has 148 valence electrons. The van der Waals surface area contributed by atoms with Crippen molar-refractivity contribution in [2.75, 3.05) is 12.0 Å². The first kappa shape index (κ1) is 18.7. The topological polar surface area (TPSA) is 73.4 Å². The number of imidazole rings is 1. The van der Waals surface area contributed by atoms with Gasteiger partial charge >= 0.3 is 5.97 Å². The fourth-order valence-corrected chi connectivity index (χ4v) is 3.56. The first-order chi connectivity index (χ1) is 14.1. The normalized spacial score (nSPS) is 11.6. The van der Waals surface area contributed by atoms with Crippen LogP contribution in [0.4, 0.5) is 5.95 Å². The molecule has 2 heterocycles. The third kappa shape index (κ3) is 3.47. The van der Waals surface area contributed by atoms with Crippen LogP contribution in [0.2, 0.25) is 0 Å². The van der Waals surface area contributed by atoms with Crippen LogP contribution in [0.5, 0.6) is 0 Å². The molecule has 0 aliphatic rings. The second-order valence-electron chi connectivity index (χ2n) is 6.76.